The molecule has 0 radical (unpaired) electrons. The van der Waals surface area contributed by atoms with Gasteiger partial charge < -0.3 is 10.5 Å². The Bertz CT molecular complexity index is 543. The summed E-state index contributed by atoms with van der Waals surface area (Å²) in [5.41, 5.74) is 8.76. The van der Waals surface area contributed by atoms with Crippen molar-refractivity contribution in [1.29, 1.82) is 0 Å². The van der Waals surface area contributed by atoms with E-state index in [4.69, 9.17) is 22.1 Å². The van der Waals surface area contributed by atoms with Crippen LogP contribution in [0, 0.1) is 6.92 Å². The number of hydrogen-bond donors (Lipinski definition) is 1. The van der Waals surface area contributed by atoms with Crippen molar-refractivity contribution in [3.63, 3.8) is 0 Å². The van der Waals surface area contributed by atoms with Gasteiger partial charge in [-0.15, -0.1) is 12.4 Å². The van der Waals surface area contributed by atoms with Crippen LogP contribution in [0.5, 0.6) is 5.75 Å². The highest BCUT2D eigenvalue weighted by atomic mass is 35.5. The minimum atomic E-state index is 0. The van der Waals surface area contributed by atoms with Crippen LogP contribution in [0.25, 0.3) is 11.1 Å². The van der Waals surface area contributed by atoms with Gasteiger partial charge in [0.25, 0.3) is 0 Å². The third-order valence-electron chi connectivity index (χ3n) is 2.71. The van der Waals surface area contributed by atoms with Gasteiger partial charge in [-0.2, -0.15) is 0 Å². The van der Waals surface area contributed by atoms with Gasteiger partial charge in [0.1, 0.15) is 12.4 Å². The van der Waals surface area contributed by atoms with Gasteiger partial charge in [-0.1, -0.05) is 29.8 Å². The summed E-state index contributed by atoms with van der Waals surface area (Å²) in [7, 11) is 0. The quantitative estimate of drug-likeness (QED) is 0.923. The van der Waals surface area contributed by atoms with E-state index in [1.54, 1.807) is 0 Å². The predicted molar refractivity (Wildman–Crippen MR) is 83.4 cm³/mol. The minimum Gasteiger partial charge on any atom is -0.492 e. The Kier molecular flexibility index (Phi) is 6.16. The predicted octanol–water partition coefficient (Wildman–Crippen LogP) is 4.07. The maximum Gasteiger partial charge on any atom is 0.122 e. The van der Waals surface area contributed by atoms with Crippen LogP contribution in [0.2, 0.25) is 5.02 Å². The molecule has 0 heterocycles. The van der Waals surface area contributed by atoms with Gasteiger partial charge in [-0.3, -0.25) is 0 Å². The molecule has 0 aliphatic carbocycles. The Morgan fingerprint density at radius 1 is 1.11 bits per heavy atom. The third kappa shape index (κ3) is 4.13. The number of nitrogens with two attached hydrogens (primary N) is 1. The summed E-state index contributed by atoms with van der Waals surface area (Å²) in [6.07, 6.45) is 0. The fourth-order valence-electron chi connectivity index (χ4n) is 1.83. The molecular formula is C15H17Cl2NO. The summed E-state index contributed by atoms with van der Waals surface area (Å²) in [4.78, 5) is 0. The van der Waals surface area contributed by atoms with Crippen molar-refractivity contribution in [2.24, 2.45) is 5.73 Å². The molecule has 2 aromatic carbocycles. The lowest BCUT2D eigenvalue weighted by Gasteiger charge is -2.10. The van der Waals surface area contributed by atoms with Crippen molar-refractivity contribution in [3.05, 3.63) is 53.1 Å². The molecule has 0 bridgehead atoms. The van der Waals surface area contributed by atoms with Crippen LogP contribution < -0.4 is 10.5 Å². The van der Waals surface area contributed by atoms with E-state index in [0.29, 0.717) is 13.2 Å². The lowest BCUT2D eigenvalue weighted by molar-refractivity contribution is 0.326. The first kappa shape index (κ1) is 15.8. The van der Waals surface area contributed by atoms with E-state index in [-0.39, 0.29) is 12.4 Å². The first-order valence-corrected chi connectivity index (χ1v) is 6.28. The maximum absolute atomic E-state index is 6.00. The molecule has 0 aliphatic rings. The molecule has 0 amide bonds. The normalized spacial score (nSPS) is 9.84. The molecule has 0 saturated heterocycles. The van der Waals surface area contributed by atoms with E-state index < -0.39 is 0 Å². The van der Waals surface area contributed by atoms with Gasteiger partial charge in [0.2, 0.25) is 0 Å². The van der Waals surface area contributed by atoms with Crippen molar-refractivity contribution in [1.82, 2.24) is 0 Å². The van der Waals surface area contributed by atoms with E-state index in [1.165, 1.54) is 0 Å². The number of rotatable bonds is 4. The topological polar surface area (TPSA) is 35.2 Å². The fraction of sp³-hybridized carbons (Fsp3) is 0.200. The number of ether oxygens (including phenoxy) is 1. The van der Waals surface area contributed by atoms with Crippen molar-refractivity contribution < 1.29 is 4.74 Å². The molecule has 4 heteroatoms. The Morgan fingerprint density at radius 3 is 2.47 bits per heavy atom. The van der Waals surface area contributed by atoms with E-state index in [9.17, 15) is 0 Å². The van der Waals surface area contributed by atoms with Crippen LogP contribution in [0.4, 0.5) is 0 Å². The van der Waals surface area contributed by atoms with Gasteiger partial charge in [0.05, 0.1) is 0 Å². The molecule has 0 saturated carbocycles. The molecule has 102 valence electrons. The van der Waals surface area contributed by atoms with E-state index in [2.05, 4.69) is 6.07 Å². The van der Waals surface area contributed by atoms with Crippen molar-refractivity contribution >= 4 is 24.0 Å². The molecule has 2 aromatic rings. The number of halogens is 2. The molecule has 0 aliphatic heterocycles. The molecular weight excluding hydrogens is 281 g/mol. The van der Waals surface area contributed by atoms with Crippen LogP contribution in [0.3, 0.4) is 0 Å². The van der Waals surface area contributed by atoms with Gasteiger partial charge >= 0.3 is 0 Å². The zero-order valence-corrected chi connectivity index (χ0v) is 12.3. The van der Waals surface area contributed by atoms with Crippen molar-refractivity contribution in [3.8, 4) is 16.9 Å². The maximum atomic E-state index is 6.00. The molecule has 0 unspecified atom stereocenters. The monoisotopic (exact) mass is 297 g/mol. The SMILES string of the molecule is Cc1cc(-c2cccc(Cl)c2)ccc1OCCN.Cl. The average molecular weight is 298 g/mol. The van der Waals surface area contributed by atoms with Crippen LogP contribution in [-0.2, 0) is 0 Å². The molecule has 0 aromatic heterocycles. The van der Waals surface area contributed by atoms with Crippen LogP contribution >= 0.6 is 24.0 Å². The van der Waals surface area contributed by atoms with Crippen LogP contribution in [0.15, 0.2) is 42.5 Å². The molecule has 0 fully saturated rings. The van der Waals surface area contributed by atoms with E-state index in [1.807, 2.05) is 43.3 Å². The summed E-state index contributed by atoms with van der Waals surface area (Å²) in [6, 6.07) is 13.9. The second-order valence-electron chi connectivity index (χ2n) is 4.13. The molecule has 2 nitrogen and oxygen atoms in total. The highest BCUT2D eigenvalue weighted by Crippen LogP contribution is 2.27. The summed E-state index contributed by atoms with van der Waals surface area (Å²) < 4.78 is 5.55. The van der Waals surface area contributed by atoms with Crippen molar-refractivity contribution in [2.45, 2.75) is 6.92 Å². The van der Waals surface area contributed by atoms with Gasteiger partial charge in [-0.25, -0.2) is 0 Å². The van der Waals surface area contributed by atoms with E-state index in [0.717, 1.165) is 27.5 Å². The van der Waals surface area contributed by atoms with Gasteiger partial charge in [0.15, 0.2) is 0 Å². The van der Waals surface area contributed by atoms with Gasteiger partial charge in [-0.05, 0) is 47.9 Å². The van der Waals surface area contributed by atoms with Gasteiger partial charge in [0, 0.05) is 11.6 Å². The van der Waals surface area contributed by atoms with Crippen LogP contribution in [-0.4, -0.2) is 13.2 Å². The molecule has 19 heavy (non-hydrogen) atoms. The number of aryl methyl sites for hydroxylation is 1. The zero-order valence-electron chi connectivity index (χ0n) is 10.7. The Hall–Kier alpha value is -1.22. The minimum absolute atomic E-state index is 0. The van der Waals surface area contributed by atoms with E-state index >= 15 is 0 Å². The first-order valence-electron chi connectivity index (χ1n) is 5.90. The highest BCUT2D eigenvalue weighted by Gasteiger charge is 2.03. The zero-order chi connectivity index (χ0) is 13.0. The average Bonchev–Trinajstić information content (AvgIpc) is 2.37. The molecule has 0 spiro atoms. The number of hydrogen-bond acceptors (Lipinski definition) is 2. The molecule has 0 atom stereocenters. The number of benzene rings is 2. The molecule has 2 N–H and O–H groups in total. The first-order chi connectivity index (χ1) is 8.70. The Balaban J connectivity index is 0.00000180. The largest absolute Gasteiger partial charge is 0.492 e. The summed E-state index contributed by atoms with van der Waals surface area (Å²) >= 11 is 6.00. The highest BCUT2D eigenvalue weighted by molar-refractivity contribution is 6.30. The third-order valence-corrected chi connectivity index (χ3v) is 2.94. The second kappa shape index (κ2) is 7.39. The van der Waals surface area contributed by atoms with Crippen molar-refractivity contribution in [2.75, 3.05) is 13.2 Å². The lowest BCUT2D eigenvalue weighted by atomic mass is 10.0. The Labute approximate surface area is 124 Å². The molecule has 2 rings (SSSR count). The second-order valence-corrected chi connectivity index (χ2v) is 4.56. The summed E-state index contributed by atoms with van der Waals surface area (Å²) in [5.74, 6) is 0.881. The standard InChI is InChI=1S/C15H16ClNO.ClH/c1-11-9-13(5-6-15(11)18-8-7-17)12-3-2-4-14(16)10-12;/h2-6,9-10H,7-8,17H2,1H3;1H. The summed E-state index contributed by atoms with van der Waals surface area (Å²) in [5, 5.41) is 0.744. The lowest BCUT2D eigenvalue weighted by Crippen LogP contribution is -2.11. The Morgan fingerprint density at radius 2 is 1.84 bits per heavy atom. The van der Waals surface area contributed by atoms with Crippen LogP contribution in [0.1, 0.15) is 5.56 Å². The summed E-state index contributed by atoms with van der Waals surface area (Å²) in [6.45, 7) is 3.09. The smallest absolute Gasteiger partial charge is 0.122 e. The fourth-order valence-corrected chi connectivity index (χ4v) is 2.02.